The second kappa shape index (κ2) is 8.17. The van der Waals surface area contributed by atoms with Crippen LogP contribution in [0.4, 0.5) is 0 Å². The van der Waals surface area contributed by atoms with E-state index in [2.05, 4.69) is 39.5 Å². The number of nitrogens with zero attached hydrogens (tertiary/aromatic N) is 3. The summed E-state index contributed by atoms with van der Waals surface area (Å²) >= 11 is 0. The van der Waals surface area contributed by atoms with Gasteiger partial charge in [0, 0.05) is 37.8 Å². The summed E-state index contributed by atoms with van der Waals surface area (Å²) < 4.78 is 1.69. The second-order valence-electron chi connectivity index (χ2n) is 7.63. The number of amides is 1. The molecule has 1 N–H and O–H groups in total. The lowest BCUT2D eigenvalue weighted by molar-refractivity contribution is 0.0937. The number of aromatic nitrogens is 2. The SMILES string of the molecule is CCn1c(=O)c(C)nc2cc(C(=O)N[C@@H]3CCN(Cc4ccccc4)C3)ccc21. The minimum atomic E-state index is -0.0906. The van der Waals surface area contributed by atoms with E-state index in [1.165, 1.54) is 5.56 Å². The first-order valence-corrected chi connectivity index (χ1v) is 10.1. The van der Waals surface area contributed by atoms with Crippen LogP contribution in [0.3, 0.4) is 0 Å². The number of nitrogens with one attached hydrogen (secondary N) is 1. The van der Waals surface area contributed by atoms with Gasteiger partial charge in [-0.25, -0.2) is 4.98 Å². The van der Waals surface area contributed by atoms with Crippen molar-refractivity contribution in [2.45, 2.75) is 39.4 Å². The van der Waals surface area contributed by atoms with Crippen LogP contribution in [0.25, 0.3) is 11.0 Å². The van der Waals surface area contributed by atoms with Gasteiger partial charge in [0.15, 0.2) is 0 Å². The van der Waals surface area contributed by atoms with Gasteiger partial charge in [0.25, 0.3) is 11.5 Å². The third-order valence-electron chi connectivity index (χ3n) is 5.54. The van der Waals surface area contributed by atoms with Crippen molar-refractivity contribution in [3.8, 4) is 0 Å². The zero-order valence-electron chi connectivity index (χ0n) is 16.9. The Hall–Kier alpha value is -2.99. The average Bonchev–Trinajstić information content (AvgIpc) is 3.16. The van der Waals surface area contributed by atoms with Crippen molar-refractivity contribution in [3.05, 3.63) is 75.7 Å². The lowest BCUT2D eigenvalue weighted by atomic mass is 10.1. The van der Waals surface area contributed by atoms with Gasteiger partial charge >= 0.3 is 0 Å². The maximum absolute atomic E-state index is 12.8. The van der Waals surface area contributed by atoms with Gasteiger partial charge in [-0.1, -0.05) is 30.3 Å². The molecule has 29 heavy (non-hydrogen) atoms. The number of benzene rings is 2. The Balaban J connectivity index is 1.45. The van der Waals surface area contributed by atoms with Gasteiger partial charge in [-0.15, -0.1) is 0 Å². The highest BCUT2D eigenvalue weighted by atomic mass is 16.1. The molecule has 4 rings (SSSR count). The van der Waals surface area contributed by atoms with Gasteiger partial charge in [0.05, 0.1) is 11.0 Å². The highest BCUT2D eigenvalue weighted by molar-refractivity contribution is 5.97. The molecule has 0 spiro atoms. The largest absolute Gasteiger partial charge is 0.348 e. The highest BCUT2D eigenvalue weighted by Crippen LogP contribution is 2.16. The van der Waals surface area contributed by atoms with Crippen LogP contribution in [-0.4, -0.2) is 39.5 Å². The predicted octanol–water partition coefficient (Wildman–Crippen LogP) is 2.73. The van der Waals surface area contributed by atoms with Crippen LogP contribution in [0, 0.1) is 6.92 Å². The molecule has 3 aromatic rings. The highest BCUT2D eigenvalue weighted by Gasteiger charge is 2.24. The quantitative estimate of drug-likeness (QED) is 0.727. The van der Waals surface area contributed by atoms with E-state index in [9.17, 15) is 9.59 Å². The Labute approximate surface area is 170 Å². The minimum absolute atomic E-state index is 0.0818. The Morgan fingerprint density at radius 1 is 1.21 bits per heavy atom. The van der Waals surface area contributed by atoms with Gasteiger partial charge < -0.3 is 9.88 Å². The molecule has 1 aromatic heterocycles. The van der Waals surface area contributed by atoms with E-state index in [0.717, 1.165) is 31.6 Å². The number of carbonyl (C=O) groups is 1. The maximum Gasteiger partial charge on any atom is 0.272 e. The molecule has 0 unspecified atom stereocenters. The lowest BCUT2D eigenvalue weighted by Gasteiger charge is -2.17. The zero-order chi connectivity index (χ0) is 20.4. The van der Waals surface area contributed by atoms with Crippen LogP contribution >= 0.6 is 0 Å². The van der Waals surface area contributed by atoms with Crippen molar-refractivity contribution >= 4 is 16.9 Å². The fraction of sp³-hybridized carbons (Fsp3) is 0.348. The first-order chi connectivity index (χ1) is 14.0. The Bertz CT molecular complexity index is 1090. The van der Waals surface area contributed by atoms with Crippen molar-refractivity contribution in [2.24, 2.45) is 0 Å². The van der Waals surface area contributed by atoms with E-state index in [1.54, 1.807) is 23.6 Å². The Kier molecular flexibility index (Phi) is 5.45. The molecule has 1 saturated heterocycles. The van der Waals surface area contributed by atoms with Gasteiger partial charge in [-0.3, -0.25) is 14.5 Å². The molecule has 1 aliphatic rings. The van der Waals surface area contributed by atoms with Crippen LogP contribution in [0.2, 0.25) is 0 Å². The number of fused-ring (bicyclic) bond motifs is 1. The maximum atomic E-state index is 12.8. The van der Waals surface area contributed by atoms with Gasteiger partial charge in [0.2, 0.25) is 0 Å². The predicted molar refractivity (Wildman–Crippen MR) is 114 cm³/mol. The fourth-order valence-electron chi connectivity index (χ4n) is 4.03. The van der Waals surface area contributed by atoms with Crippen LogP contribution in [0.1, 0.15) is 35.0 Å². The van der Waals surface area contributed by atoms with E-state index < -0.39 is 0 Å². The lowest BCUT2D eigenvalue weighted by Crippen LogP contribution is -2.37. The molecule has 2 heterocycles. The van der Waals surface area contributed by atoms with E-state index in [4.69, 9.17) is 0 Å². The molecular weight excluding hydrogens is 364 g/mol. The molecule has 6 heteroatoms. The van der Waals surface area contributed by atoms with Crippen LogP contribution in [0.15, 0.2) is 53.3 Å². The molecule has 6 nitrogen and oxygen atoms in total. The summed E-state index contributed by atoms with van der Waals surface area (Å²) in [6, 6.07) is 15.9. The van der Waals surface area contributed by atoms with Crippen molar-refractivity contribution in [1.82, 2.24) is 19.8 Å². The first kappa shape index (κ1) is 19.3. The van der Waals surface area contributed by atoms with Crippen molar-refractivity contribution in [2.75, 3.05) is 13.1 Å². The molecular formula is C23H26N4O2. The summed E-state index contributed by atoms with van der Waals surface area (Å²) in [4.78, 5) is 31.8. The summed E-state index contributed by atoms with van der Waals surface area (Å²) in [7, 11) is 0. The Morgan fingerprint density at radius 2 is 2.00 bits per heavy atom. The van der Waals surface area contributed by atoms with E-state index in [-0.39, 0.29) is 17.5 Å². The normalized spacial score (nSPS) is 17.0. The number of hydrogen-bond acceptors (Lipinski definition) is 4. The first-order valence-electron chi connectivity index (χ1n) is 10.1. The summed E-state index contributed by atoms with van der Waals surface area (Å²) in [5, 5.41) is 3.15. The zero-order valence-corrected chi connectivity index (χ0v) is 16.9. The molecule has 1 atom stereocenters. The molecule has 1 amide bonds. The number of aryl methyl sites for hydroxylation is 2. The van der Waals surface area contributed by atoms with Crippen LogP contribution < -0.4 is 10.9 Å². The number of hydrogen-bond donors (Lipinski definition) is 1. The number of likely N-dealkylation sites (tertiary alicyclic amines) is 1. The third kappa shape index (κ3) is 4.07. The van der Waals surface area contributed by atoms with Crippen molar-refractivity contribution < 1.29 is 4.79 Å². The molecule has 0 bridgehead atoms. The molecule has 2 aromatic carbocycles. The van der Waals surface area contributed by atoms with Crippen LogP contribution in [-0.2, 0) is 13.1 Å². The smallest absolute Gasteiger partial charge is 0.272 e. The van der Waals surface area contributed by atoms with Crippen molar-refractivity contribution in [1.29, 1.82) is 0 Å². The monoisotopic (exact) mass is 390 g/mol. The summed E-state index contributed by atoms with van der Waals surface area (Å²) in [6.45, 7) is 6.94. The fourth-order valence-corrected chi connectivity index (χ4v) is 4.03. The molecule has 1 fully saturated rings. The van der Waals surface area contributed by atoms with Gasteiger partial charge in [0.1, 0.15) is 5.69 Å². The number of rotatable bonds is 5. The van der Waals surface area contributed by atoms with Gasteiger partial charge in [-0.2, -0.15) is 0 Å². The topological polar surface area (TPSA) is 67.2 Å². The molecule has 0 radical (unpaired) electrons. The summed E-state index contributed by atoms with van der Waals surface area (Å²) in [6.07, 6.45) is 0.943. The molecule has 150 valence electrons. The van der Waals surface area contributed by atoms with E-state index in [1.807, 2.05) is 19.1 Å². The standard InChI is InChI=1S/C23H26N4O2/c1-3-27-21-10-9-18(13-20(21)24-16(2)23(27)29)22(28)25-19-11-12-26(15-19)14-17-7-5-4-6-8-17/h4-10,13,19H,3,11-12,14-15H2,1-2H3,(H,25,28)/t19-/m1/s1. The molecule has 1 aliphatic heterocycles. The summed E-state index contributed by atoms with van der Waals surface area (Å²) in [5.74, 6) is -0.0906. The third-order valence-corrected chi connectivity index (χ3v) is 5.54. The average molecular weight is 390 g/mol. The number of carbonyl (C=O) groups excluding carboxylic acids is 1. The Morgan fingerprint density at radius 3 is 2.76 bits per heavy atom. The van der Waals surface area contributed by atoms with E-state index in [0.29, 0.717) is 23.3 Å². The van der Waals surface area contributed by atoms with Crippen molar-refractivity contribution in [3.63, 3.8) is 0 Å². The second-order valence-corrected chi connectivity index (χ2v) is 7.63. The summed E-state index contributed by atoms with van der Waals surface area (Å²) in [5.41, 5.74) is 3.67. The van der Waals surface area contributed by atoms with Crippen LogP contribution in [0.5, 0.6) is 0 Å². The van der Waals surface area contributed by atoms with E-state index >= 15 is 0 Å². The van der Waals surface area contributed by atoms with Gasteiger partial charge in [-0.05, 0) is 44.0 Å². The molecule has 0 saturated carbocycles. The molecule has 0 aliphatic carbocycles. The minimum Gasteiger partial charge on any atom is -0.348 e.